The highest BCUT2D eigenvalue weighted by Crippen LogP contribution is 2.26. The first-order valence-electron chi connectivity index (χ1n) is 9.95. The number of hydrogen-bond acceptors (Lipinski definition) is 3. The van der Waals surface area contributed by atoms with Gasteiger partial charge < -0.3 is 4.74 Å². The van der Waals surface area contributed by atoms with Gasteiger partial charge in [-0.05, 0) is 67.2 Å². The van der Waals surface area contributed by atoms with Gasteiger partial charge in [-0.3, -0.25) is 9.80 Å². The van der Waals surface area contributed by atoms with E-state index in [-0.39, 0.29) is 0 Å². The van der Waals surface area contributed by atoms with Gasteiger partial charge in [-0.2, -0.15) is 0 Å². The van der Waals surface area contributed by atoms with Crippen molar-refractivity contribution in [2.45, 2.75) is 19.6 Å². The van der Waals surface area contributed by atoms with Crippen LogP contribution in [0.3, 0.4) is 0 Å². The van der Waals surface area contributed by atoms with Gasteiger partial charge in [-0.15, -0.1) is 0 Å². The minimum absolute atomic E-state index is 0.785. The molecule has 3 nitrogen and oxygen atoms in total. The Kier molecular flexibility index (Phi) is 5.95. The molecule has 146 valence electrons. The van der Waals surface area contributed by atoms with E-state index < -0.39 is 0 Å². The molecular weight excluding hydrogens is 356 g/mol. The Morgan fingerprint density at radius 1 is 0.862 bits per heavy atom. The molecule has 1 aliphatic rings. The van der Waals surface area contributed by atoms with Gasteiger partial charge in [-0.1, -0.05) is 48.2 Å². The van der Waals surface area contributed by atoms with Crippen molar-refractivity contribution in [3.05, 3.63) is 95.1 Å². The minimum Gasteiger partial charge on any atom is -0.457 e. The molecule has 0 bridgehead atoms. The molecule has 0 amide bonds. The van der Waals surface area contributed by atoms with E-state index in [1.807, 2.05) is 56.6 Å². The summed E-state index contributed by atoms with van der Waals surface area (Å²) >= 11 is 0. The number of rotatable bonds is 5. The summed E-state index contributed by atoms with van der Waals surface area (Å²) in [7, 11) is 4.07. The Labute approximate surface area is 173 Å². The summed E-state index contributed by atoms with van der Waals surface area (Å²) in [5, 5.41) is 0. The number of ether oxygens (including phenoxy) is 1. The molecule has 3 heteroatoms. The van der Waals surface area contributed by atoms with Crippen molar-refractivity contribution in [1.29, 1.82) is 0 Å². The number of para-hydroxylation sites is 1. The van der Waals surface area contributed by atoms with Crippen molar-refractivity contribution in [2.24, 2.45) is 0 Å². The van der Waals surface area contributed by atoms with Gasteiger partial charge in [0.05, 0.1) is 6.54 Å². The third-order valence-corrected chi connectivity index (χ3v) is 4.93. The van der Waals surface area contributed by atoms with E-state index >= 15 is 0 Å². The summed E-state index contributed by atoms with van der Waals surface area (Å²) in [6.45, 7) is 3.68. The van der Waals surface area contributed by atoms with Crippen molar-refractivity contribution in [2.75, 3.05) is 20.6 Å². The van der Waals surface area contributed by atoms with Crippen LogP contribution in [-0.2, 0) is 19.6 Å². The van der Waals surface area contributed by atoms with Crippen LogP contribution in [0.5, 0.6) is 11.5 Å². The zero-order valence-electron chi connectivity index (χ0n) is 17.1. The molecule has 3 aromatic rings. The van der Waals surface area contributed by atoms with Gasteiger partial charge in [0.2, 0.25) is 0 Å². The summed E-state index contributed by atoms with van der Waals surface area (Å²) in [4.78, 5) is 4.55. The molecule has 1 heterocycles. The quantitative estimate of drug-likeness (QED) is 0.583. The lowest BCUT2D eigenvalue weighted by molar-refractivity contribution is 0.275. The van der Waals surface area contributed by atoms with Gasteiger partial charge in [-0.25, -0.2) is 0 Å². The summed E-state index contributed by atoms with van der Waals surface area (Å²) < 4.78 is 5.88. The second-order valence-electron chi connectivity index (χ2n) is 7.73. The molecule has 0 radical (unpaired) electrons. The fourth-order valence-electron chi connectivity index (χ4n) is 3.50. The first-order chi connectivity index (χ1) is 14.2. The summed E-state index contributed by atoms with van der Waals surface area (Å²) in [5.41, 5.74) is 5.21. The smallest absolute Gasteiger partial charge is 0.127 e. The average molecular weight is 383 g/mol. The SMILES string of the molecule is CN(C)CC#Cc1ccc2c(c1)CN(Cc1ccc(Oc3ccccc3)cc1)C2. The molecule has 4 rings (SSSR count). The van der Waals surface area contributed by atoms with Crippen LogP contribution in [0.15, 0.2) is 72.8 Å². The van der Waals surface area contributed by atoms with E-state index in [1.165, 1.54) is 16.7 Å². The van der Waals surface area contributed by atoms with Crippen molar-refractivity contribution >= 4 is 0 Å². The van der Waals surface area contributed by atoms with E-state index in [0.29, 0.717) is 0 Å². The molecular formula is C26H26N2O. The van der Waals surface area contributed by atoms with Gasteiger partial charge in [0.25, 0.3) is 0 Å². The topological polar surface area (TPSA) is 15.7 Å². The fourth-order valence-corrected chi connectivity index (χ4v) is 3.50. The summed E-state index contributed by atoms with van der Waals surface area (Å²) in [5.74, 6) is 8.22. The highest BCUT2D eigenvalue weighted by Gasteiger charge is 2.19. The zero-order valence-corrected chi connectivity index (χ0v) is 17.1. The number of nitrogens with zero attached hydrogens (tertiary/aromatic N) is 2. The van der Waals surface area contributed by atoms with E-state index in [0.717, 1.165) is 43.2 Å². The Bertz CT molecular complexity index is 1010. The maximum absolute atomic E-state index is 5.88. The van der Waals surface area contributed by atoms with Gasteiger partial charge >= 0.3 is 0 Å². The molecule has 3 aromatic carbocycles. The van der Waals surface area contributed by atoms with Crippen LogP contribution in [0, 0.1) is 11.8 Å². The van der Waals surface area contributed by atoms with Crippen LogP contribution < -0.4 is 4.74 Å². The van der Waals surface area contributed by atoms with Crippen LogP contribution in [0.1, 0.15) is 22.3 Å². The van der Waals surface area contributed by atoms with Crippen LogP contribution in [0.25, 0.3) is 0 Å². The highest BCUT2D eigenvalue weighted by atomic mass is 16.5. The van der Waals surface area contributed by atoms with Gasteiger partial charge in [0.15, 0.2) is 0 Å². The predicted molar refractivity (Wildman–Crippen MR) is 118 cm³/mol. The summed E-state index contributed by atoms with van der Waals surface area (Å²) in [6.07, 6.45) is 0. The second-order valence-corrected chi connectivity index (χ2v) is 7.73. The highest BCUT2D eigenvalue weighted by molar-refractivity contribution is 5.43. The zero-order chi connectivity index (χ0) is 20.1. The first-order valence-corrected chi connectivity index (χ1v) is 9.95. The molecule has 0 atom stereocenters. The van der Waals surface area contributed by atoms with Crippen LogP contribution in [0.4, 0.5) is 0 Å². The third kappa shape index (κ3) is 5.26. The van der Waals surface area contributed by atoms with Crippen LogP contribution >= 0.6 is 0 Å². The molecule has 0 spiro atoms. The van der Waals surface area contributed by atoms with Crippen LogP contribution in [0.2, 0.25) is 0 Å². The molecule has 1 aliphatic heterocycles. The maximum atomic E-state index is 5.88. The van der Waals surface area contributed by atoms with E-state index in [1.54, 1.807) is 0 Å². The Hall–Kier alpha value is -3.06. The van der Waals surface area contributed by atoms with E-state index in [2.05, 4.69) is 52.0 Å². The number of fused-ring (bicyclic) bond motifs is 1. The van der Waals surface area contributed by atoms with Gasteiger partial charge in [0.1, 0.15) is 11.5 Å². The summed E-state index contributed by atoms with van der Waals surface area (Å²) in [6, 6.07) is 24.9. The Morgan fingerprint density at radius 2 is 1.59 bits per heavy atom. The molecule has 0 aromatic heterocycles. The van der Waals surface area contributed by atoms with Crippen molar-refractivity contribution in [3.8, 4) is 23.3 Å². The van der Waals surface area contributed by atoms with Crippen molar-refractivity contribution in [3.63, 3.8) is 0 Å². The maximum Gasteiger partial charge on any atom is 0.127 e. The van der Waals surface area contributed by atoms with Gasteiger partial charge in [0, 0.05) is 25.2 Å². The standard InChI is InChI=1S/C26H26N2O/c1-27(2)16-6-7-21-10-13-23-19-28(20-24(23)17-21)18-22-11-14-26(15-12-22)29-25-8-4-3-5-9-25/h3-5,8-15,17H,16,18-20H2,1-2H3. The third-order valence-electron chi connectivity index (χ3n) is 4.93. The molecule has 0 fully saturated rings. The van der Waals surface area contributed by atoms with E-state index in [9.17, 15) is 0 Å². The molecule has 29 heavy (non-hydrogen) atoms. The minimum atomic E-state index is 0.785. The van der Waals surface area contributed by atoms with Crippen LogP contribution in [-0.4, -0.2) is 30.4 Å². The Balaban J connectivity index is 1.35. The molecule has 0 unspecified atom stereocenters. The number of hydrogen-bond donors (Lipinski definition) is 0. The first kappa shape index (κ1) is 19.3. The van der Waals surface area contributed by atoms with E-state index in [4.69, 9.17) is 4.74 Å². The molecule has 0 aliphatic carbocycles. The lowest BCUT2D eigenvalue weighted by Crippen LogP contribution is -2.15. The monoisotopic (exact) mass is 382 g/mol. The lowest BCUT2D eigenvalue weighted by atomic mass is 10.1. The van der Waals surface area contributed by atoms with Crippen molar-refractivity contribution in [1.82, 2.24) is 9.80 Å². The Morgan fingerprint density at radius 3 is 2.34 bits per heavy atom. The largest absolute Gasteiger partial charge is 0.457 e. The molecule has 0 saturated heterocycles. The van der Waals surface area contributed by atoms with Crippen molar-refractivity contribution < 1.29 is 4.74 Å². The number of benzene rings is 3. The molecule has 0 N–H and O–H groups in total. The lowest BCUT2D eigenvalue weighted by Gasteiger charge is -2.15. The molecule has 0 saturated carbocycles. The fraction of sp³-hybridized carbons (Fsp3) is 0.231. The normalized spacial score (nSPS) is 13.1. The second kappa shape index (κ2) is 8.96. The predicted octanol–water partition coefficient (Wildman–Crippen LogP) is 4.91. The average Bonchev–Trinajstić information content (AvgIpc) is 3.11.